The van der Waals surface area contributed by atoms with Gasteiger partial charge in [-0.15, -0.1) is 0 Å². The maximum atomic E-state index is 13.1. The molecule has 0 aliphatic carbocycles. The molecular formula is C29H26ClNO4. The number of carbonyl (C=O) groups excluding carboxylic acids is 1. The van der Waals surface area contributed by atoms with Crippen molar-refractivity contribution >= 4 is 33.8 Å². The summed E-state index contributed by atoms with van der Waals surface area (Å²) in [4.78, 5) is 13.1. The topological polar surface area (TPSA) is 56.8 Å². The number of rotatable bonds is 9. The van der Waals surface area contributed by atoms with E-state index in [4.69, 9.17) is 25.8 Å². The number of nitrogens with one attached hydrogen (secondary N) is 1. The Labute approximate surface area is 209 Å². The lowest BCUT2D eigenvalue weighted by atomic mass is 9.96. The Morgan fingerprint density at radius 2 is 1.80 bits per heavy atom. The van der Waals surface area contributed by atoms with Crippen LogP contribution in [0.4, 0.5) is 5.69 Å². The summed E-state index contributed by atoms with van der Waals surface area (Å²) in [5.74, 6) is 2.43. The first kappa shape index (κ1) is 23.1. The van der Waals surface area contributed by atoms with Gasteiger partial charge in [0, 0.05) is 23.6 Å². The fourth-order valence-electron chi connectivity index (χ4n) is 4.33. The van der Waals surface area contributed by atoms with Crippen molar-refractivity contribution in [3.8, 4) is 17.2 Å². The number of Topliss-reactive ketones (excluding diaryl/α,β-unsaturated/α-hetero) is 1. The molecule has 5 nitrogen and oxygen atoms in total. The highest BCUT2D eigenvalue weighted by atomic mass is 35.5. The Hall–Kier alpha value is -3.70. The van der Waals surface area contributed by atoms with E-state index in [-0.39, 0.29) is 18.6 Å². The molecule has 0 bridgehead atoms. The van der Waals surface area contributed by atoms with Gasteiger partial charge in [0.25, 0.3) is 0 Å². The maximum absolute atomic E-state index is 13.1. The van der Waals surface area contributed by atoms with Gasteiger partial charge >= 0.3 is 0 Å². The third-order valence-corrected chi connectivity index (χ3v) is 6.44. The molecule has 0 radical (unpaired) electrons. The van der Waals surface area contributed by atoms with Crippen LogP contribution in [0, 0.1) is 0 Å². The van der Waals surface area contributed by atoms with Crippen LogP contribution in [0.2, 0.25) is 5.02 Å². The van der Waals surface area contributed by atoms with E-state index in [1.54, 1.807) is 7.11 Å². The first-order valence-corrected chi connectivity index (χ1v) is 12.0. The average Bonchev–Trinajstić information content (AvgIpc) is 3.35. The zero-order chi connectivity index (χ0) is 24.2. The molecule has 0 aromatic heterocycles. The van der Waals surface area contributed by atoms with Crippen molar-refractivity contribution in [2.24, 2.45) is 0 Å². The van der Waals surface area contributed by atoms with Gasteiger partial charge in [0.1, 0.15) is 11.5 Å². The normalized spacial score (nSPS) is 13.0. The lowest BCUT2D eigenvalue weighted by Crippen LogP contribution is -2.16. The molecule has 0 amide bonds. The minimum Gasteiger partial charge on any atom is -0.497 e. The van der Waals surface area contributed by atoms with Gasteiger partial charge in [-0.3, -0.25) is 4.79 Å². The van der Waals surface area contributed by atoms with Crippen LogP contribution in [0.15, 0.2) is 78.9 Å². The number of ether oxygens (including phenoxy) is 3. The Morgan fingerprint density at radius 1 is 0.971 bits per heavy atom. The molecule has 1 aliphatic rings. The molecule has 0 saturated heterocycles. The molecule has 4 aromatic carbocycles. The molecule has 1 unspecified atom stereocenters. The number of aryl methyl sites for hydroxylation is 1. The second-order valence-electron chi connectivity index (χ2n) is 8.61. The molecule has 1 atom stereocenters. The molecule has 0 saturated carbocycles. The zero-order valence-corrected chi connectivity index (χ0v) is 20.2. The van der Waals surface area contributed by atoms with Gasteiger partial charge in [0.15, 0.2) is 11.5 Å². The van der Waals surface area contributed by atoms with Crippen LogP contribution in [0.25, 0.3) is 10.8 Å². The van der Waals surface area contributed by atoms with Crippen molar-refractivity contribution in [2.45, 2.75) is 25.3 Å². The van der Waals surface area contributed by atoms with E-state index in [1.165, 1.54) is 0 Å². The molecule has 6 heteroatoms. The average molecular weight is 488 g/mol. The van der Waals surface area contributed by atoms with Crippen molar-refractivity contribution in [1.29, 1.82) is 0 Å². The number of benzene rings is 4. The van der Waals surface area contributed by atoms with Crippen LogP contribution >= 0.6 is 11.6 Å². The Balaban J connectivity index is 1.30. The standard InChI is InChI=1S/C29H26ClNO4/c1-33-26-11-8-20-13-19(5-7-21(20)14-26)6-10-25(32)17-27(31-24-4-2-3-23(30)16-24)22-9-12-28-29(15-22)35-18-34-28/h2-5,7-9,11-16,27,31H,6,10,17-18H2,1H3. The fraction of sp³-hybridized carbons (Fsp3) is 0.207. The van der Waals surface area contributed by atoms with Gasteiger partial charge in [-0.05, 0) is 70.8 Å². The van der Waals surface area contributed by atoms with Crippen LogP contribution in [-0.2, 0) is 11.2 Å². The smallest absolute Gasteiger partial charge is 0.231 e. The SMILES string of the molecule is COc1ccc2cc(CCC(=O)CC(Nc3cccc(Cl)c3)c3ccc4c(c3)OCO4)ccc2c1. The third kappa shape index (κ3) is 5.52. The number of ketones is 1. The van der Waals surface area contributed by atoms with E-state index in [9.17, 15) is 4.79 Å². The molecule has 35 heavy (non-hydrogen) atoms. The van der Waals surface area contributed by atoms with Crippen molar-refractivity contribution in [3.63, 3.8) is 0 Å². The van der Waals surface area contributed by atoms with Gasteiger partial charge < -0.3 is 19.5 Å². The molecule has 0 fully saturated rings. The molecule has 1 heterocycles. The highest BCUT2D eigenvalue weighted by Gasteiger charge is 2.21. The van der Waals surface area contributed by atoms with Crippen molar-refractivity contribution in [1.82, 2.24) is 0 Å². The number of fused-ring (bicyclic) bond motifs is 2. The van der Waals surface area contributed by atoms with E-state index in [2.05, 4.69) is 23.5 Å². The predicted octanol–water partition coefficient (Wildman–Crippen LogP) is 6.98. The number of hydrogen-bond donors (Lipinski definition) is 1. The summed E-state index contributed by atoms with van der Waals surface area (Å²) in [5, 5.41) is 6.37. The molecule has 178 valence electrons. The lowest BCUT2D eigenvalue weighted by molar-refractivity contribution is -0.119. The lowest BCUT2D eigenvalue weighted by Gasteiger charge is -2.20. The largest absolute Gasteiger partial charge is 0.497 e. The van der Waals surface area contributed by atoms with E-state index in [0.29, 0.717) is 30.0 Å². The van der Waals surface area contributed by atoms with Crippen LogP contribution < -0.4 is 19.5 Å². The van der Waals surface area contributed by atoms with Gasteiger partial charge in [0.2, 0.25) is 6.79 Å². The number of anilines is 1. The van der Waals surface area contributed by atoms with Gasteiger partial charge in [0.05, 0.1) is 13.2 Å². The summed E-state index contributed by atoms with van der Waals surface area (Å²) in [7, 11) is 1.67. The monoisotopic (exact) mass is 487 g/mol. The molecule has 0 spiro atoms. The summed E-state index contributed by atoms with van der Waals surface area (Å²) in [6, 6.07) is 25.4. The van der Waals surface area contributed by atoms with E-state index in [1.807, 2.05) is 60.7 Å². The predicted molar refractivity (Wildman–Crippen MR) is 139 cm³/mol. The van der Waals surface area contributed by atoms with E-state index in [0.717, 1.165) is 39.1 Å². The van der Waals surface area contributed by atoms with Crippen molar-refractivity contribution in [2.75, 3.05) is 19.2 Å². The Bertz CT molecular complexity index is 1370. The Morgan fingerprint density at radius 3 is 2.66 bits per heavy atom. The zero-order valence-electron chi connectivity index (χ0n) is 19.4. The highest BCUT2D eigenvalue weighted by Crippen LogP contribution is 2.36. The summed E-state index contributed by atoms with van der Waals surface area (Å²) in [6.07, 6.45) is 1.49. The van der Waals surface area contributed by atoms with Crippen molar-refractivity contribution < 1.29 is 19.0 Å². The summed E-state index contributed by atoms with van der Waals surface area (Å²) >= 11 is 6.18. The quantitative estimate of drug-likeness (QED) is 0.276. The van der Waals surface area contributed by atoms with Crippen LogP contribution in [0.1, 0.15) is 30.0 Å². The molecule has 5 rings (SSSR count). The molecule has 1 aliphatic heterocycles. The van der Waals surface area contributed by atoms with Crippen LogP contribution in [-0.4, -0.2) is 19.7 Å². The second kappa shape index (κ2) is 10.3. The minimum absolute atomic E-state index is 0.178. The molecule has 1 N–H and O–H groups in total. The first-order valence-electron chi connectivity index (χ1n) is 11.6. The molecule has 4 aromatic rings. The number of halogens is 1. The minimum atomic E-state index is -0.223. The van der Waals surface area contributed by atoms with Gasteiger partial charge in [-0.25, -0.2) is 0 Å². The highest BCUT2D eigenvalue weighted by molar-refractivity contribution is 6.30. The second-order valence-corrected chi connectivity index (χ2v) is 9.05. The first-order chi connectivity index (χ1) is 17.1. The fourth-order valence-corrected chi connectivity index (χ4v) is 4.52. The van der Waals surface area contributed by atoms with Crippen LogP contribution in [0.5, 0.6) is 17.2 Å². The summed E-state index contributed by atoms with van der Waals surface area (Å²) < 4.78 is 16.3. The van der Waals surface area contributed by atoms with Gasteiger partial charge in [-0.1, -0.05) is 48.0 Å². The number of methoxy groups -OCH3 is 1. The number of carbonyl (C=O) groups is 1. The Kier molecular flexibility index (Phi) is 6.77. The van der Waals surface area contributed by atoms with Crippen LogP contribution in [0.3, 0.4) is 0 Å². The van der Waals surface area contributed by atoms with Gasteiger partial charge in [-0.2, -0.15) is 0 Å². The summed E-state index contributed by atoms with van der Waals surface area (Å²) in [5.41, 5.74) is 2.96. The summed E-state index contributed by atoms with van der Waals surface area (Å²) in [6.45, 7) is 0.211. The van der Waals surface area contributed by atoms with Crippen molar-refractivity contribution in [3.05, 3.63) is 95.0 Å². The third-order valence-electron chi connectivity index (χ3n) is 6.20. The number of hydrogen-bond acceptors (Lipinski definition) is 5. The maximum Gasteiger partial charge on any atom is 0.231 e. The van der Waals surface area contributed by atoms with E-state index >= 15 is 0 Å². The molecular weight excluding hydrogens is 462 g/mol. The van der Waals surface area contributed by atoms with E-state index < -0.39 is 0 Å².